The summed E-state index contributed by atoms with van der Waals surface area (Å²) in [6, 6.07) is 1.37. The largest absolute Gasteiger partial charge is 0.378 e. The van der Waals surface area contributed by atoms with Gasteiger partial charge in [-0.25, -0.2) is 9.97 Å². The van der Waals surface area contributed by atoms with Crippen LogP contribution in [0.15, 0.2) is 24.9 Å². The average Bonchev–Trinajstić information content (AvgIpc) is 3.33. The standard InChI is InChI=1S/C20H30N6OSi/c1-28(2,3)11-5-4-6-26-14-17(16-12-23-24-13-16)18-19(21-15-22-20(18)26)25-7-9-27-10-8-25/h12-15H,4-11H2,1-3H3,(H,23,24). The summed E-state index contributed by atoms with van der Waals surface area (Å²) < 4.78 is 7.83. The van der Waals surface area contributed by atoms with Gasteiger partial charge in [0, 0.05) is 51.2 Å². The molecule has 28 heavy (non-hydrogen) atoms. The molecule has 1 fully saturated rings. The number of aromatic amines is 1. The van der Waals surface area contributed by atoms with Gasteiger partial charge in [0.15, 0.2) is 0 Å². The summed E-state index contributed by atoms with van der Waals surface area (Å²) in [7, 11) is -0.985. The maximum Gasteiger partial charge on any atom is 0.146 e. The van der Waals surface area contributed by atoms with E-state index in [2.05, 4.69) is 55.5 Å². The molecule has 0 saturated carbocycles. The number of aromatic nitrogens is 5. The third-order valence-corrected chi connectivity index (χ3v) is 7.18. The molecule has 0 spiro atoms. The molecule has 0 aliphatic carbocycles. The van der Waals surface area contributed by atoms with Crippen LogP contribution in [0.2, 0.25) is 25.7 Å². The van der Waals surface area contributed by atoms with Crippen LogP contribution < -0.4 is 4.90 Å². The number of hydrogen-bond acceptors (Lipinski definition) is 5. The van der Waals surface area contributed by atoms with Gasteiger partial charge in [0.2, 0.25) is 0 Å². The summed E-state index contributed by atoms with van der Waals surface area (Å²) >= 11 is 0. The Bertz CT molecular complexity index is 909. The van der Waals surface area contributed by atoms with Gasteiger partial charge in [-0.2, -0.15) is 5.10 Å². The number of aryl methyl sites for hydroxylation is 1. The van der Waals surface area contributed by atoms with E-state index in [9.17, 15) is 0 Å². The van der Waals surface area contributed by atoms with Gasteiger partial charge >= 0.3 is 0 Å². The predicted octanol–water partition coefficient (Wildman–Crippen LogP) is 3.78. The number of H-pyrrole nitrogens is 1. The number of nitrogens with one attached hydrogen (secondary N) is 1. The highest BCUT2D eigenvalue weighted by atomic mass is 28.3. The van der Waals surface area contributed by atoms with Crippen LogP contribution in [-0.2, 0) is 11.3 Å². The first-order chi connectivity index (χ1) is 13.5. The van der Waals surface area contributed by atoms with Gasteiger partial charge in [-0.1, -0.05) is 32.1 Å². The number of fused-ring (bicyclic) bond motifs is 1. The van der Waals surface area contributed by atoms with Gasteiger partial charge in [0.25, 0.3) is 0 Å². The third kappa shape index (κ3) is 4.12. The van der Waals surface area contributed by atoms with E-state index in [4.69, 9.17) is 4.74 Å². The van der Waals surface area contributed by atoms with E-state index in [1.807, 2.05) is 12.4 Å². The molecule has 8 heteroatoms. The Morgan fingerprint density at radius 2 is 1.96 bits per heavy atom. The Morgan fingerprint density at radius 1 is 1.14 bits per heavy atom. The lowest BCUT2D eigenvalue weighted by atomic mass is 10.1. The van der Waals surface area contributed by atoms with Crippen molar-refractivity contribution in [3.05, 3.63) is 24.9 Å². The van der Waals surface area contributed by atoms with Gasteiger partial charge in [-0.05, 0) is 6.42 Å². The van der Waals surface area contributed by atoms with Crippen molar-refractivity contribution in [2.45, 2.75) is 45.1 Å². The van der Waals surface area contributed by atoms with Gasteiger partial charge in [-0.3, -0.25) is 5.10 Å². The summed E-state index contributed by atoms with van der Waals surface area (Å²) in [5, 5.41) is 8.22. The van der Waals surface area contributed by atoms with Crippen molar-refractivity contribution < 1.29 is 4.74 Å². The molecule has 0 bridgehead atoms. The van der Waals surface area contributed by atoms with Gasteiger partial charge in [-0.15, -0.1) is 0 Å². The zero-order valence-corrected chi connectivity index (χ0v) is 18.1. The summed E-state index contributed by atoms with van der Waals surface area (Å²) in [6.07, 6.45) is 10.2. The summed E-state index contributed by atoms with van der Waals surface area (Å²) in [4.78, 5) is 11.6. The Labute approximate surface area is 167 Å². The third-order valence-electron chi connectivity index (χ3n) is 5.33. The lowest BCUT2D eigenvalue weighted by Gasteiger charge is -2.28. The number of nitrogens with zero attached hydrogens (tertiary/aromatic N) is 5. The fourth-order valence-electron chi connectivity index (χ4n) is 3.85. The van der Waals surface area contributed by atoms with E-state index in [0.29, 0.717) is 0 Å². The number of unbranched alkanes of at least 4 members (excludes halogenated alkanes) is 1. The van der Waals surface area contributed by atoms with Crippen LogP contribution in [0.4, 0.5) is 5.82 Å². The molecule has 4 rings (SSSR count). The van der Waals surface area contributed by atoms with Crippen molar-refractivity contribution in [1.29, 1.82) is 0 Å². The van der Waals surface area contributed by atoms with Crippen LogP contribution in [0.1, 0.15) is 12.8 Å². The predicted molar refractivity (Wildman–Crippen MR) is 116 cm³/mol. The first kappa shape index (κ1) is 19.1. The second-order valence-corrected chi connectivity index (χ2v) is 14.4. The zero-order chi connectivity index (χ0) is 19.6. The van der Waals surface area contributed by atoms with Crippen molar-refractivity contribution in [2.75, 3.05) is 31.2 Å². The number of morpholine rings is 1. The Kier molecular flexibility index (Phi) is 5.50. The van der Waals surface area contributed by atoms with Crippen molar-refractivity contribution in [1.82, 2.24) is 24.7 Å². The van der Waals surface area contributed by atoms with Gasteiger partial charge in [0.05, 0.1) is 24.8 Å². The normalized spacial score (nSPS) is 15.5. The lowest BCUT2D eigenvalue weighted by Crippen LogP contribution is -2.36. The van der Waals surface area contributed by atoms with Gasteiger partial charge in [0.1, 0.15) is 17.8 Å². The number of rotatable bonds is 7. The number of hydrogen-bond donors (Lipinski definition) is 1. The molecule has 4 heterocycles. The summed E-state index contributed by atoms with van der Waals surface area (Å²) in [6.45, 7) is 11.5. The maximum atomic E-state index is 5.53. The van der Waals surface area contributed by atoms with E-state index in [1.165, 1.54) is 18.9 Å². The lowest BCUT2D eigenvalue weighted by molar-refractivity contribution is 0.122. The molecule has 1 N–H and O–H groups in total. The molecule has 3 aromatic heterocycles. The molecule has 0 unspecified atom stereocenters. The average molecular weight is 399 g/mol. The highest BCUT2D eigenvalue weighted by Crippen LogP contribution is 2.35. The molecule has 0 radical (unpaired) electrons. The molecule has 1 aliphatic rings. The minimum absolute atomic E-state index is 0.740. The highest BCUT2D eigenvalue weighted by molar-refractivity contribution is 6.76. The van der Waals surface area contributed by atoms with Crippen LogP contribution in [-0.4, -0.2) is 59.1 Å². The number of ether oxygens (including phenoxy) is 1. The van der Waals surface area contributed by atoms with Crippen LogP contribution in [0.25, 0.3) is 22.2 Å². The van der Waals surface area contributed by atoms with Crippen molar-refractivity contribution in [3.8, 4) is 11.1 Å². The minimum atomic E-state index is -0.985. The molecular formula is C20H30N6OSi. The van der Waals surface area contributed by atoms with Gasteiger partial charge < -0.3 is 14.2 Å². The quantitative estimate of drug-likeness (QED) is 0.484. The molecule has 1 aliphatic heterocycles. The zero-order valence-electron chi connectivity index (χ0n) is 17.1. The SMILES string of the molecule is C[Si](C)(C)CCCCn1cc(-c2cn[nH]c2)c2c(N3CCOCC3)ncnc21. The number of anilines is 1. The Balaban J connectivity index is 1.69. The van der Waals surface area contributed by atoms with E-state index >= 15 is 0 Å². The van der Waals surface area contributed by atoms with Crippen molar-refractivity contribution in [3.63, 3.8) is 0 Å². The highest BCUT2D eigenvalue weighted by Gasteiger charge is 2.22. The van der Waals surface area contributed by atoms with Crippen molar-refractivity contribution >= 4 is 24.9 Å². The molecule has 0 atom stereocenters. The first-order valence-electron chi connectivity index (χ1n) is 10.2. The van der Waals surface area contributed by atoms with Crippen molar-refractivity contribution in [2.24, 2.45) is 0 Å². The van der Waals surface area contributed by atoms with Crippen LogP contribution in [0.3, 0.4) is 0 Å². The Hall–Kier alpha value is -2.19. The molecule has 3 aromatic rings. The second kappa shape index (κ2) is 8.04. The molecule has 1 saturated heterocycles. The van der Waals surface area contributed by atoms with Crippen LogP contribution >= 0.6 is 0 Å². The molecule has 0 amide bonds. The fraction of sp³-hybridized carbons (Fsp3) is 0.550. The van der Waals surface area contributed by atoms with Crippen LogP contribution in [0.5, 0.6) is 0 Å². The maximum absolute atomic E-state index is 5.53. The smallest absolute Gasteiger partial charge is 0.146 e. The van der Waals surface area contributed by atoms with Crippen LogP contribution in [0, 0.1) is 0 Å². The minimum Gasteiger partial charge on any atom is -0.378 e. The summed E-state index contributed by atoms with van der Waals surface area (Å²) in [5.41, 5.74) is 3.24. The fourth-order valence-corrected chi connectivity index (χ4v) is 5.16. The topological polar surface area (TPSA) is 71.9 Å². The van der Waals surface area contributed by atoms with E-state index in [0.717, 1.165) is 60.8 Å². The molecular weight excluding hydrogens is 368 g/mol. The van der Waals surface area contributed by atoms with E-state index in [-0.39, 0.29) is 0 Å². The van der Waals surface area contributed by atoms with E-state index < -0.39 is 8.07 Å². The summed E-state index contributed by atoms with van der Waals surface area (Å²) in [5.74, 6) is 1.00. The second-order valence-electron chi connectivity index (χ2n) is 8.74. The first-order valence-corrected chi connectivity index (χ1v) is 13.9. The monoisotopic (exact) mass is 398 g/mol. The molecule has 7 nitrogen and oxygen atoms in total. The van der Waals surface area contributed by atoms with E-state index in [1.54, 1.807) is 6.33 Å². The molecule has 0 aromatic carbocycles. The Morgan fingerprint density at radius 3 is 2.68 bits per heavy atom. The molecule has 150 valence electrons.